The number of aromatic nitrogens is 3. The van der Waals surface area contributed by atoms with E-state index < -0.39 is 5.82 Å². The van der Waals surface area contributed by atoms with Crippen molar-refractivity contribution in [3.63, 3.8) is 0 Å². The van der Waals surface area contributed by atoms with E-state index in [0.717, 1.165) is 11.1 Å². The van der Waals surface area contributed by atoms with Crippen LogP contribution in [0.1, 0.15) is 24.1 Å². The molecule has 3 rings (SSSR count). The van der Waals surface area contributed by atoms with Crippen LogP contribution in [0, 0.1) is 11.6 Å². The normalized spacial score (nSPS) is 12.2. The number of benzene rings is 2. The highest BCUT2D eigenvalue weighted by molar-refractivity contribution is 5.35. The van der Waals surface area contributed by atoms with Crippen molar-refractivity contribution in [1.29, 1.82) is 0 Å². The van der Waals surface area contributed by atoms with Crippen LogP contribution in [0.3, 0.4) is 0 Å². The molecule has 1 atom stereocenters. The fraction of sp³-hybridized carbons (Fsp3) is 0.222. The zero-order valence-electron chi connectivity index (χ0n) is 13.9. The van der Waals surface area contributed by atoms with Crippen LogP contribution in [0.4, 0.5) is 8.78 Å². The smallest absolute Gasteiger partial charge is 0.165 e. The van der Waals surface area contributed by atoms with Gasteiger partial charge in [-0.3, -0.25) is 0 Å². The van der Waals surface area contributed by atoms with Crippen molar-refractivity contribution in [1.82, 2.24) is 20.1 Å². The van der Waals surface area contributed by atoms with Crippen LogP contribution in [-0.2, 0) is 6.54 Å². The summed E-state index contributed by atoms with van der Waals surface area (Å²) in [6.07, 6.45) is 2.79. The van der Waals surface area contributed by atoms with Crippen LogP contribution >= 0.6 is 0 Å². The van der Waals surface area contributed by atoms with Gasteiger partial charge in [0.2, 0.25) is 0 Å². The van der Waals surface area contributed by atoms with Gasteiger partial charge in [0.15, 0.2) is 11.6 Å². The molecule has 0 amide bonds. The maximum atomic E-state index is 14.2. The Balaban J connectivity index is 1.67. The van der Waals surface area contributed by atoms with Crippen molar-refractivity contribution >= 4 is 0 Å². The number of hydrogen-bond acceptors (Lipinski definition) is 4. The van der Waals surface area contributed by atoms with Crippen molar-refractivity contribution in [2.24, 2.45) is 0 Å². The Kier molecular flexibility index (Phi) is 5.04. The first kappa shape index (κ1) is 17.0. The maximum absolute atomic E-state index is 14.2. The van der Waals surface area contributed by atoms with E-state index in [-0.39, 0.29) is 17.6 Å². The Bertz CT molecular complexity index is 852. The van der Waals surface area contributed by atoms with Crippen LogP contribution in [0.15, 0.2) is 49.1 Å². The van der Waals surface area contributed by atoms with Crippen LogP contribution in [0.2, 0.25) is 0 Å². The van der Waals surface area contributed by atoms with Crippen molar-refractivity contribution < 1.29 is 13.5 Å². The lowest BCUT2D eigenvalue weighted by Crippen LogP contribution is -2.18. The molecule has 1 N–H and O–H groups in total. The zero-order chi connectivity index (χ0) is 17.8. The summed E-state index contributed by atoms with van der Waals surface area (Å²) in [4.78, 5) is 3.81. The molecule has 1 heterocycles. The summed E-state index contributed by atoms with van der Waals surface area (Å²) in [7, 11) is 1.43. The molecule has 7 heteroatoms. The zero-order valence-corrected chi connectivity index (χ0v) is 13.9. The van der Waals surface area contributed by atoms with Crippen LogP contribution in [-0.4, -0.2) is 21.9 Å². The number of nitrogens with one attached hydrogen (secondary N) is 1. The molecule has 0 aliphatic carbocycles. The molecule has 0 fully saturated rings. The Labute approximate surface area is 144 Å². The van der Waals surface area contributed by atoms with Crippen LogP contribution in [0.5, 0.6) is 5.75 Å². The molecule has 0 unspecified atom stereocenters. The average molecular weight is 344 g/mol. The molecular weight excluding hydrogens is 326 g/mol. The van der Waals surface area contributed by atoms with Gasteiger partial charge < -0.3 is 10.1 Å². The molecule has 0 radical (unpaired) electrons. The highest BCUT2D eigenvalue weighted by Gasteiger charge is 2.11. The first-order valence-corrected chi connectivity index (χ1v) is 7.78. The number of halogens is 2. The lowest BCUT2D eigenvalue weighted by atomic mass is 10.1. The number of methoxy groups -OCH3 is 1. The quantitative estimate of drug-likeness (QED) is 0.745. The Morgan fingerprint density at radius 1 is 1.16 bits per heavy atom. The predicted molar refractivity (Wildman–Crippen MR) is 89.5 cm³/mol. The van der Waals surface area contributed by atoms with Gasteiger partial charge in [-0.2, -0.15) is 5.10 Å². The fourth-order valence-corrected chi connectivity index (χ4v) is 2.52. The summed E-state index contributed by atoms with van der Waals surface area (Å²) in [5, 5.41) is 7.17. The third-order valence-corrected chi connectivity index (χ3v) is 3.97. The highest BCUT2D eigenvalue weighted by Crippen LogP contribution is 2.22. The molecule has 25 heavy (non-hydrogen) atoms. The van der Waals surface area contributed by atoms with Crippen molar-refractivity contribution in [2.75, 3.05) is 7.11 Å². The fourth-order valence-electron chi connectivity index (χ4n) is 2.52. The molecule has 3 aromatic rings. The van der Waals surface area contributed by atoms with Gasteiger partial charge in [-0.1, -0.05) is 12.1 Å². The second-order valence-corrected chi connectivity index (χ2v) is 5.62. The molecule has 0 aliphatic heterocycles. The van der Waals surface area contributed by atoms with Crippen molar-refractivity contribution in [2.45, 2.75) is 19.5 Å². The monoisotopic (exact) mass is 344 g/mol. The molecule has 0 spiro atoms. The number of nitrogens with zero attached hydrogens (tertiary/aromatic N) is 3. The second-order valence-electron chi connectivity index (χ2n) is 5.62. The Morgan fingerprint density at radius 2 is 2.00 bits per heavy atom. The predicted octanol–water partition coefficient (Wildman–Crippen LogP) is 3.40. The van der Waals surface area contributed by atoms with Gasteiger partial charge in [0.1, 0.15) is 24.2 Å². The molecule has 1 aromatic heterocycles. The lowest BCUT2D eigenvalue weighted by Gasteiger charge is -2.15. The Morgan fingerprint density at radius 3 is 2.64 bits per heavy atom. The van der Waals surface area contributed by atoms with E-state index in [4.69, 9.17) is 4.74 Å². The average Bonchev–Trinajstić information content (AvgIpc) is 3.14. The summed E-state index contributed by atoms with van der Waals surface area (Å²) < 4.78 is 34.3. The topological polar surface area (TPSA) is 52.0 Å². The number of ether oxygens (including phenoxy) is 1. The third-order valence-electron chi connectivity index (χ3n) is 3.97. The molecule has 0 bridgehead atoms. The van der Waals surface area contributed by atoms with Gasteiger partial charge >= 0.3 is 0 Å². The molecule has 2 aromatic carbocycles. The maximum Gasteiger partial charge on any atom is 0.165 e. The van der Waals surface area contributed by atoms with Gasteiger partial charge in [0, 0.05) is 12.6 Å². The number of rotatable bonds is 6. The van der Waals surface area contributed by atoms with Gasteiger partial charge in [-0.05, 0) is 42.3 Å². The van der Waals surface area contributed by atoms with Crippen LogP contribution < -0.4 is 10.1 Å². The molecule has 0 saturated heterocycles. The van der Waals surface area contributed by atoms with Crippen molar-refractivity contribution in [3.8, 4) is 11.4 Å². The SMILES string of the molecule is COc1ccc([C@H](C)NCc2ccc(-n3cncn3)c(F)c2)cc1F. The van der Waals surface area contributed by atoms with E-state index in [1.54, 1.807) is 18.2 Å². The molecule has 0 saturated carbocycles. The van der Waals surface area contributed by atoms with Crippen LogP contribution in [0.25, 0.3) is 5.69 Å². The minimum Gasteiger partial charge on any atom is -0.494 e. The van der Waals surface area contributed by atoms with Gasteiger partial charge in [-0.15, -0.1) is 0 Å². The summed E-state index contributed by atoms with van der Waals surface area (Å²) in [5.41, 5.74) is 1.91. The molecule has 5 nitrogen and oxygen atoms in total. The van der Waals surface area contributed by atoms with E-state index in [1.807, 2.05) is 13.0 Å². The van der Waals surface area contributed by atoms with E-state index >= 15 is 0 Å². The van der Waals surface area contributed by atoms with Gasteiger partial charge in [-0.25, -0.2) is 18.4 Å². The standard InChI is InChI=1S/C18H18F2N4O/c1-12(14-4-6-18(25-2)16(20)8-14)22-9-13-3-5-17(15(19)7-13)24-11-21-10-23-24/h3-8,10-12,22H,9H2,1-2H3/t12-/m0/s1. The molecular formula is C18H18F2N4O. The van der Waals surface area contributed by atoms with Gasteiger partial charge in [0.05, 0.1) is 7.11 Å². The van der Waals surface area contributed by atoms with Gasteiger partial charge in [0.25, 0.3) is 0 Å². The second kappa shape index (κ2) is 7.40. The molecule has 130 valence electrons. The van der Waals surface area contributed by atoms with Crippen molar-refractivity contribution in [3.05, 3.63) is 71.8 Å². The highest BCUT2D eigenvalue weighted by atomic mass is 19.1. The summed E-state index contributed by atoms with van der Waals surface area (Å²) in [6.45, 7) is 2.37. The minimum absolute atomic E-state index is 0.0986. The van der Waals surface area contributed by atoms with E-state index in [2.05, 4.69) is 15.4 Å². The lowest BCUT2D eigenvalue weighted by molar-refractivity contribution is 0.385. The number of hydrogen-bond donors (Lipinski definition) is 1. The third kappa shape index (κ3) is 3.83. The Hall–Kier alpha value is -2.80. The first-order chi connectivity index (χ1) is 12.1. The van der Waals surface area contributed by atoms with E-state index in [0.29, 0.717) is 12.2 Å². The summed E-state index contributed by atoms with van der Waals surface area (Å²) in [5.74, 6) is -0.577. The first-order valence-electron chi connectivity index (χ1n) is 7.78. The molecule has 0 aliphatic rings. The van der Waals surface area contributed by atoms with E-state index in [9.17, 15) is 8.78 Å². The summed E-state index contributed by atoms with van der Waals surface area (Å²) in [6, 6.07) is 9.64. The summed E-state index contributed by atoms with van der Waals surface area (Å²) >= 11 is 0. The largest absolute Gasteiger partial charge is 0.494 e. The minimum atomic E-state index is -0.406. The van der Waals surface area contributed by atoms with E-state index in [1.165, 1.54) is 36.6 Å².